The zero-order valence-corrected chi connectivity index (χ0v) is 14.2. The lowest BCUT2D eigenvalue weighted by atomic mass is 10.1. The number of aromatic nitrogens is 1. The van der Waals surface area contributed by atoms with E-state index in [9.17, 15) is 0 Å². The molecule has 1 aromatic rings. The van der Waals surface area contributed by atoms with E-state index in [1.807, 2.05) is 11.3 Å². The standard InChI is InChI=1S/C15H29N3S/c1-7-10-12-13(11-16-15(4,5)6)19-14(17-12)18(8-2)9-3/h16H,7-11H2,1-6H3. The van der Waals surface area contributed by atoms with Gasteiger partial charge in [0.15, 0.2) is 5.13 Å². The molecule has 0 fully saturated rings. The molecule has 0 aliphatic carbocycles. The third-order valence-electron chi connectivity index (χ3n) is 3.07. The van der Waals surface area contributed by atoms with Crippen molar-refractivity contribution in [2.24, 2.45) is 0 Å². The molecule has 0 bridgehead atoms. The maximum absolute atomic E-state index is 4.85. The van der Waals surface area contributed by atoms with E-state index in [2.05, 4.69) is 51.8 Å². The summed E-state index contributed by atoms with van der Waals surface area (Å²) in [5.41, 5.74) is 1.44. The van der Waals surface area contributed by atoms with Crippen molar-refractivity contribution >= 4 is 16.5 Å². The highest BCUT2D eigenvalue weighted by Gasteiger charge is 2.16. The van der Waals surface area contributed by atoms with Crippen LogP contribution in [0.4, 0.5) is 5.13 Å². The zero-order chi connectivity index (χ0) is 14.5. The SMILES string of the molecule is CCCc1nc(N(CC)CC)sc1CNC(C)(C)C. The molecule has 0 spiro atoms. The average Bonchev–Trinajstić information content (AvgIpc) is 2.71. The highest BCUT2D eigenvalue weighted by molar-refractivity contribution is 7.15. The lowest BCUT2D eigenvalue weighted by Crippen LogP contribution is -2.35. The molecule has 4 heteroatoms. The number of rotatable bonds is 7. The Kier molecular flexibility index (Phi) is 6.27. The van der Waals surface area contributed by atoms with Crippen LogP contribution in [0.25, 0.3) is 0 Å². The molecular formula is C15H29N3S. The van der Waals surface area contributed by atoms with Crippen LogP contribution in [0.1, 0.15) is 58.5 Å². The summed E-state index contributed by atoms with van der Waals surface area (Å²) < 4.78 is 0. The third-order valence-corrected chi connectivity index (χ3v) is 4.23. The van der Waals surface area contributed by atoms with E-state index in [1.165, 1.54) is 15.7 Å². The van der Waals surface area contributed by atoms with Crippen molar-refractivity contribution in [3.8, 4) is 0 Å². The first-order chi connectivity index (χ1) is 8.91. The van der Waals surface area contributed by atoms with Gasteiger partial charge in [-0.2, -0.15) is 0 Å². The van der Waals surface area contributed by atoms with E-state index in [4.69, 9.17) is 4.98 Å². The molecule has 1 rings (SSSR count). The van der Waals surface area contributed by atoms with Crippen molar-refractivity contribution in [1.29, 1.82) is 0 Å². The minimum atomic E-state index is 0.156. The van der Waals surface area contributed by atoms with Gasteiger partial charge in [0, 0.05) is 30.1 Å². The van der Waals surface area contributed by atoms with Gasteiger partial charge in [-0.3, -0.25) is 0 Å². The van der Waals surface area contributed by atoms with Crippen LogP contribution in [0.2, 0.25) is 0 Å². The van der Waals surface area contributed by atoms with Crippen molar-refractivity contribution in [3.63, 3.8) is 0 Å². The Morgan fingerprint density at radius 1 is 1.16 bits per heavy atom. The lowest BCUT2D eigenvalue weighted by Gasteiger charge is -2.20. The minimum absolute atomic E-state index is 0.156. The molecular weight excluding hydrogens is 254 g/mol. The lowest BCUT2D eigenvalue weighted by molar-refractivity contribution is 0.425. The smallest absolute Gasteiger partial charge is 0.185 e. The van der Waals surface area contributed by atoms with Gasteiger partial charge in [-0.1, -0.05) is 13.3 Å². The fourth-order valence-electron chi connectivity index (χ4n) is 1.91. The predicted octanol–water partition coefficient (Wildman–Crippen LogP) is 3.83. The van der Waals surface area contributed by atoms with Crippen molar-refractivity contribution < 1.29 is 0 Å². The Labute approximate surface area is 122 Å². The first-order valence-electron chi connectivity index (χ1n) is 7.39. The van der Waals surface area contributed by atoms with Gasteiger partial charge in [0.05, 0.1) is 5.69 Å². The Hall–Kier alpha value is -0.610. The van der Waals surface area contributed by atoms with Gasteiger partial charge in [0.1, 0.15) is 0 Å². The summed E-state index contributed by atoms with van der Waals surface area (Å²) in [6.07, 6.45) is 2.24. The van der Waals surface area contributed by atoms with Crippen molar-refractivity contribution in [3.05, 3.63) is 10.6 Å². The summed E-state index contributed by atoms with van der Waals surface area (Å²) in [4.78, 5) is 8.59. The highest BCUT2D eigenvalue weighted by atomic mass is 32.1. The molecule has 0 saturated heterocycles. The number of hydrogen-bond acceptors (Lipinski definition) is 4. The second-order valence-corrected chi connectivity index (χ2v) is 6.95. The normalized spacial score (nSPS) is 11.9. The quantitative estimate of drug-likeness (QED) is 0.824. The molecule has 1 heterocycles. The zero-order valence-electron chi connectivity index (χ0n) is 13.3. The van der Waals surface area contributed by atoms with Crippen LogP contribution >= 0.6 is 11.3 Å². The van der Waals surface area contributed by atoms with E-state index in [1.54, 1.807) is 0 Å². The second kappa shape index (κ2) is 7.25. The van der Waals surface area contributed by atoms with Crippen molar-refractivity contribution in [1.82, 2.24) is 10.3 Å². The molecule has 0 atom stereocenters. The summed E-state index contributed by atoms with van der Waals surface area (Å²) in [6.45, 7) is 16.2. The Morgan fingerprint density at radius 3 is 2.26 bits per heavy atom. The molecule has 3 nitrogen and oxygen atoms in total. The molecule has 0 aliphatic rings. The number of nitrogens with one attached hydrogen (secondary N) is 1. The van der Waals surface area contributed by atoms with Crippen LogP contribution in [0.15, 0.2) is 0 Å². The largest absolute Gasteiger partial charge is 0.349 e. The van der Waals surface area contributed by atoms with E-state index in [-0.39, 0.29) is 5.54 Å². The van der Waals surface area contributed by atoms with Gasteiger partial charge in [-0.15, -0.1) is 11.3 Å². The Balaban J connectivity index is 2.88. The van der Waals surface area contributed by atoms with Gasteiger partial charge in [0.2, 0.25) is 0 Å². The molecule has 0 amide bonds. The van der Waals surface area contributed by atoms with E-state index < -0.39 is 0 Å². The average molecular weight is 283 g/mol. The van der Waals surface area contributed by atoms with Crippen LogP contribution in [-0.4, -0.2) is 23.6 Å². The van der Waals surface area contributed by atoms with Crippen LogP contribution < -0.4 is 10.2 Å². The third kappa shape index (κ3) is 5.11. The maximum Gasteiger partial charge on any atom is 0.185 e. The molecule has 19 heavy (non-hydrogen) atoms. The summed E-state index contributed by atoms with van der Waals surface area (Å²) in [5.74, 6) is 0. The maximum atomic E-state index is 4.85. The summed E-state index contributed by atoms with van der Waals surface area (Å²) in [7, 11) is 0. The molecule has 0 unspecified atom stereocenters. The van der Waals surface area contributed by atoms with Crippen LogP contribution in [0.3, 0.4) is 0 Å². The van der Waals surface area contributed by atoms with Crippen LogP contribution in [0.5, 0.6) is 0 Å². The molecule has 0 aliphatic heterocycles. The van der Waals surface area contributed by atoms with Crippen LogP contribution in [0, 0.1) is 0 Å². The molecule has 110 valence electrons. The topological polar surface area (TPSA) is 28.2 Å². The summed E-state index contributed by atoms with van der Waals surface area (Å²) in [5, 5.41) is 4.76. The van der Waals surface area contributed by atoms with Gasteiger partial charge in [0.25, 0.3) is 0 Å². The number of thiazole rings is 1. The summed E-state index contributed by atoms with van der Waals surface area (Å²) >= 11 is 1.85. The minimum Gasteiger partial charge on any atom is -0.349 e. The number of anilines is 1. The molecule has 0 aromatic carbocycles. The molecule has 1 aromatic heterocycles. The van der Waals surface area contributed by atoms with Gasteiger partial charge < -0.3 is 10.2 Å². The van der Waals surface area contributed by atoms with Gasteiger partial charge in [-0.05, 0) is 41.0 Å². The van der Waals surface area contributed by atoms with Crippen molar-refractivity contribution in [2.45, 2.75) is 66.5 Å². The molecule has 0 radical (unpaired) electrons. The van der Waals surface area contributed by atoms with Crippen LogP contribution in [-0.2, 0) is 13.0 Å². The predicted molar refractivity (Wildman–Crippen MR) is 86.3 cm³/mol. The van der Waals surface area contributed by atoms with Gasteiger partial charge >= 0.3 is 0 Å². The summed E-state index contributed by atoms with van der Waals surface area (Å²) in [6, 6.07) is 0. The van der Waals surface area contributed by atoms with E-state index in [0.29, 0.717) is 0 Å². The van der Waals surface area contributed by atoms with E-state index >= 15 is 0 Å². The monoisotopic (exact) mass is 283 g/mol. The molecule has 0 saturated carbocycles. The number of hydrogen-bond donors (Lipinski definition) is 1. The second-order valence-electron chi connectivity index (χ2n) is 5.89. The first kappa shape index (κ1) is 16.4. The Morgan fingerprint density at radius 2 is 1.79 bits per heavy atom. The first-order valence-corrected chi connectivity index (χ1v) is 8.21. The van der Waals surface area contributed by atoms with Gasteiger partial charge in [-0.25, -0.2) is 4.98 Å². The van der Waals surface area contributed by atoms with E-state index in [0.717, 1.165) is 32.5 Å². The number of aryl methyl sites for hydroxylation is 1. The number of nitrogens with zero attached hydrogens (tertiary/aromatic N) is 2. The highest BCUT2D eigenvalue weighted by Crippen LogP contribution is 2.27. The molecule has 1 N–H and O–H groups in total. The fraction of sp³-hybridized carbons (Fsp3) is 0.800. The van der Waals surface area contributed by atoms with Crippen molar-refractivity contribution in [2.75, 3.05) is 18.0 Å². The Bertz CT molecular complexity index is 375. The fourth-order valence-corrected chi connectivity index (χ4v) is 3.09.